The highest BCUT2D eigenvalue weighted by Crippen LogP contribution is 2.38. The minimum Gasteiger partial charge on any atom is -0.484 e. The first-order valence-electron chi connectivity index (χ1n) is 12.2. The Balaban J connectivity index is 1.59. The first-order valence-corrected chi connectivity index (χ1v) is 12.2. The molecule has 0 radical (unpaired) electrons. The van der Waals surface area contributed by atoms with Gasteiger partial charge in [0.2, 0.25) is 11.8 Å². The molecule has 0 bridgehead atoms. The number of hydrogen-bond donors (Lipinski definition) is 1. The van der Waals surface area contributed by atoms with E-state index in [1.165, 1.54) is 17.4 Å². The molecule has 0 saturated carbocycles. The van der Waals surface area contributed by atoms with E-state index in [9.17, 15) is 9.59 Å². The van der Waals surface area contributed by atoms with Crippen molar-refractivity contribution < 1.29 is 18.7 Å². The topological polar surface area (TPSA) is 84.7 Å². The van der Waals surface area contributed by atoms with Crippen molar-refractivity contribution in [2.75, 3.05) is 13.1 Å². The third-order valence-corrected chi connectivity index (χ3v) is 6.13. The Kier molecular flexibility index (Phi) is 7.54. The van der Waals surface area contributed by atoms with Crippen molar-refractivity contribution >= 4 is 11.8 Å². The second kappa shape index (κ2) is 10.8. The zero-order chi connectivity index (χ0) is 24.9. The van der Waals surface area contributed by atoms with Crippen molar-refractivity contribution in [3.8, 4) is 5.75 Å². The number of rotatable bonds is 8. The van der Waals surface area contributed by atoms with Crippen LogP contribution in [0.1, 0.15) is 71.9 Å². The van der Waals surface area contributed by atoms with Crippen LogP contribution in [0, 0.1) is 12.8 Å². The SMILES string of the molecule is CCNC(=O)c1coc(COc2ccc3c(c2)[C@@H](c2ccc(C)cc2)N(C(=O)CC(C)C)CC3)n1. The molecule has 7 nitrogen and oxygen atoms in total. The van der Waals surface area contributed by atoms with Crippen LogP contribution in [-0.2, 0) is 17.8 Å². The lowest BCUT2D eigenvalue weighted by Crippen LogP contribution is -2.41. The number of oxazole rings is 1. The fraction of sp³-hybridized carbons (Fsp3) is 0.393. The Hall–Kier alpha value is -3.61. The average Bonchev–Trinajstić information content (AvgIpc) is 3.31. The van der Waals surface area contributed by atoms with E-state index in [2.05, 4.69) is 61.4 Å². The Morgan fingerprint density at radius 1 is 1.20 bits per heavy atom. The molecule has 2 aromatic carbocycles. The maximum Gasteiger partial charge on any atom is 0.273 e. The van der Waals surface area contributed by atoms with Crippen LogP contribution < -0.4 is 10.1 Å². The van der Waals surface area contributed by atoms with E-state index >= 15 is 0 Å². The largest absolute Gasteiger partial charge is 0.484 e. The van der Waals surface area contributed by atoms with Crippen molar-refractivity contribution in [1.82, 2.24) is 15.2 Å². The lowest BCUT2D eigenvalue weighted by Gasteiger charge is -2.38. The number of nitrogens with zero attached hydrogens (tertiary/aromatic N) is 2. The second-order valence-electron chi connectivity index (χ2n) is 9.38. The Labute approximate surface area is 206 Å². The standard InChI is InChI=1S/C28H33N3O4/c1-5-29-28(33)24-16-35-25(30-24)17-34-22-11-10-20-12-13-31(26(32)14-18(2)3)27(23(20)15-22)21-8-6-19(4)7-9-21/h6-11,15-16,18,27H,5,12-14,17H2,1-4H3,(H,29,33)/t27-/m1/s1. The van der Waals surface area contributed by atoms with E-state index in [1.807, 2.05) is 24.0 Å². The quantitative estimate of drug-likeness (QED) is 0.504. The van der Waals surface area contributed by atoms with Crippen molar-refractivity contribution in [1.29, 1.82) is 0 Å². The fourth-order valence-electron chi connectivity index (χ4n) is 4.40. The summed E-state index contributed by atoms with van der Waals surface area (Å²) in [6.45, 7) is 9.36. The van der Waals surface area contributed by atoms with Gasteiger partial charge in [-0.1, -0.05) is 49.7 Å². The number of carbonyl (C=O) groups is 2. The summed E-state index contributed by atoms with van der Waals surface area (Å²) in [5, 5.41) is 2.70. The van der Waals surface area contributed by atoms with Gasteiger partial charge in [-0.15, -0.1) is 0 Å². The summed E-state index contributed by atoms with van der Waals surface area (Å²) in [5.74, 6) is 1.18. The predicted molar refractivity (Wildman–Crippen MR) is 133 cm³/mol. The summed E-state index contributed by atoms with van der Waals surface area (Å²) in [7, 11) is 0. The molecule has 7 heteroatoms. The van der Waals surface area contributed by atoms with E-state index in [1.54, 1.807) is 0 Å². The van der Waals surface area contributed by atoms with Crippen LogP contribution in [-0.4, -0.2) is 34.8 Å². The molecule has 0 unspecified atom stereocenters. The molecular weight excluding hydrogens is 442 g/mol. The number of hydrogen-bond acceptors (Lipinski definition) is 5. The molecule has 2 heterocycles. The molecule has 3 aromatic rings. The minimum absolute atomic E-state index is 0.101. The third kappa shape index (κ3) is 5.73. The van der Waals surface area contributed by atoms with Gasteiger partial charge in [-0.2, -0.15) is 0 Å². The maximum absolute atomic E-state index is 13.2. The molecule has 35 heavy (non-hydrogen) atoms. The summed E-state index contributed by atoms with van der Waals surface area (Å²) in [4.78, 5) is 31.4. The average molecular weight is 476 g/mol. The second-order valence-corrected chi connectivity index (χ2v) is 9.38. The molecule has 0 fully saturated rings. The van der Waals surface area contributed by atoms with Crippen LogP contribution in [0.25, 0.3) is 0 Å². The normalized spacial score (nSPS) is 15.1. The first kappa shape index (κ1) is 24.5. The summed E-state index contributed by atoms with van der Waals surface area (Å²) in [6.07, 6.45) is 2.66. The molecule has 1 atom stereocenters. The number of ether oxygens (including phenoxy) is 1. The number of amides is 2. The lowest BCUT2D eigenvalue weighted by atomic mass is 9.87. The summed E-state index contributed by atoms with van der Waals surface area (Å²) in [5.41, 5.74) is 4.79. The monoisotopic (exact) mass is 475 g/mol. The van der Waals surface area contributed by atoms with Gasteiger partial charge < -0.3 is 19.4 Å². The van der Waals surface area contributed by atoms with Crippen LogP contribution in [0.4, 0.5) is 0 Å². The van der Waals surface area contributed by atoms with Crippen molar-refractivity contribution in [2.45, 2.75) is 53.2 Å². The molecule has 1 aromatic heterocycles. The van der Waals surface area contributed by atoms with E-state index in [0.717, 1.165) is 17.5 Å². The molecule has 0 aliphatic carbocycles. The molecule has 2 amide bonds. The van der Waals surface area contributed by atoms with Crippen LogP contribution >= 0.6 is 0 Å². The van der Waals surface area contributed by atoms with E-state index in [4.69, 9.17) is 9.15 Å². The minimum atomic E-state index is -0.275. The highest BCUT2D eigenvalue weighted by molar-refractivity contribution is 5.91. The van der Waals surface area contributed by atoms with E-state index in [-0.39, 0.29) is 30.2 Å². The van der Waals surface area contributed by atoms with Gasteiger partial charge in [0.25, 0.3) is 5.91 Å². The van der Waals surface area contributed by atoms with Crippen molar-refractivity contribution in [3.05, 3.63) is 82.6 Å². The number of fused-ring (bicyclic) bond motifs is 1. The predicted octanol–water partition coefficient (Wildman–Crippen LogP) is 4.83. The zero-order valence-electron chi connectivity index (χ0n) is 20.8. The first-order chi connectivity index (χ1) is 16.9. The number of carbonyl (C=O) groups excluding carboxylic acids is 2. The van der Waals surface area contributed by atoms with Crippen molar-refractivity contribution in [3.63, 3.8) is 0 Å². The van der Waals surface area contributed by atoms with Crippen LogP contribution in [0.15, 0.2) is 53.1 Å². The Morgan fingerprint density at radius 3 is 2.69 bits per heavy atom. The van der Waals surface area contributed by atoms with Gasteiger partial charge in [-0.25, -0.2) is 4.98 Å². The van der Waals surface area contributed by atoms with Crippen molar-refractivity contribution in [2.24, 2.45) is 5.92 Å². The van der Waals surface area contributed by atoms with Gasteiger partial charge in [-0.3, -0.25) is 9.59 Å². The smallest absolute Gasteiger partial charge is 0.273 e. The number of aromatic nitrogens is 1. The lowest BCUT2D eigenvalue weighted by molar-refractivity contribution is -0.134. The highest BCUT2D eigenvalue weighted by atomic mass is 16.5. The summed E-state index contributed by atoms with van der Waals surface area (Å²) >= 11 is 0. The summed E-state index contributed by atoms with van der Waals surface area (Å²) < 4.78 is 11.4. The Morgan fingerprint density at radius 2 is 1.97 bits per heavy atom. The van der Waals surface area contributed by atoms with Crippen LogP contribution in [0.5, 0.6) is 5.75 Å². The molecule has 1 N–H and O–H groups in total. The highest BCUT2D eigenvalue weighted by Gasteiger charge is 2.32. The number of nitrogens with one attached hydrogen (secondary N) is 1. The molecular formula is C28H33N3O4. The van der Waals surface area contributed by atoms with Gasteiger partial charge in [-0.05, 0) is 55.0 Å². The van der Waals surface area contributed by atoms with Gasteiger partial charge in [0.05, 0.1) is 6.04 Å². The van der Waals surface area contributed by atoms with Gasteiger partial charge in [0.1, 0.15) is 12.0 Å². The molecule has 184 valence electrons. The van der Waals surface area contributed by atoms with Crippen LogP contribution in [0.3, 0.4) is 0 Å². The molecule has 1 aliphatic rings. The van der Waals surface area contributed by atoms with E-state index < -0.39 is 0 Å². The van der Waals surface area contributed by atoms with Gasteiger partial charge >= 0.3 is 0 Å². The molecule has 0 saturated heterocycles. The maximum atomic E-state index is 13.2. The number of aryl methyl sites for hydroxylation is 1. The van der Waals surface area contributed by atoms with E-state index in [0.29, 0.717) is 37.1 Å². The molecule has 1 aliphatic heterocycles. The zero-order valence-corrected chi connectivity index (χ0v) is 20.8. The fourth-order valence-corrected chi connectivity index (χ4v) is 4.40. The van der Waals surface area contributed by atoms with Crippen LogP contribution in [0.2, 0.25) is 0 Å². The van der Waals surface area contributed by atoms with Gasteiger partial charge in [0.15, 0.2) is 12.3 Å². The summed E-state index contributed by atoms with van der Waals surface area (Å²) in [6, 6.07) is 14.2. The number of benzene rings is 2. The van der Waals surface area contributed by atoms with Gasteiger partial charge in [0, 0.05) is 19.5 Å². The third-order valence-electron chi connectivity index (χ3n) is 6.13. The Bertz CT molecular complexity index is 1180. The molecule has 0 spiro atoms. The molecule has 4 rings (SSSR count).